The van der Waals surface area contributed by atoms with Crippen LogP contribution >= 0.6 is 23.2 Å². The second kappa shape index (κ2) is 8.22. The van der Waals surface area contributed by atoms with Gasteiger partial charge in [-0.25, -0.2) is 0 Å². The standard InChI is InChI=1S/C14H18Cl2N2O3/c1-8(2)7-17-12(14(20)21)6-13(19)18-9-3-4-10(15)11(16)5-9/h3-5,8,12,17H,6-7H2,1-2H3,(H,18,19)(H,20,21). The zero-order valence-corrected chi connectivity index (χ0v) is 13.4. The van der Waals surface area contributed by atoms with Crippen molar-refractivity contribution in [3.05, 3.63) is 28.2 Å². The maximum Gasteiger partial charge on any atom is 0.230 e. The number of rotatable bonds is 7. The summed E-state index contributed by atoms with van der Waals surface area (Å²) in [5.41, 5.74) is 0.468. The Hall–Kier alpha value is -1.30. The van der Waals surface area contributed by atoms with Crippen molar-refractivity contribution in [1.82, 2.24) is 0 Å². The number of hydrogen-bond donors (Lipinski definition) is 2. The van der Waals surface area contributed by atoms with Gasteiger partial charge in [0.2, 0.25) is 5.91 Å². The van der Waals surface area contributed by atoms with E-state index in [1.165, 1.54) is 6.07 Å². The Labute approximate surface area is 133 Å². The third-order valence-corrected chi connectivity index (χ3v) is 3.54. The van der Waals surface area contributed by atoms with Crippen LogP contribution in [0.1, 0.15) is 20.3 Å². The highest BCUT2D eigenvalue weighted by Gasteiger charge is 2.18. The first-order valence-electron chi connectivity index (χ1n) is 6.58. The number of carboxylic acid groups (broad SMARTS) is 1. The second-order valence-corrected chi connectivity index (χ2v) is 5.99. The summed E-state index contributed by atoms with van der Waals surface area (Å²) in [5, 5.41) is 15.9. The van der Waals surface area contributed by atoms with Gasteiger partial charge in [0, 0.05) is 11.6 Å². The van der Waals surface area contributed by atoms with Crippen molar-refractivity contribution in [3.63, 3.8) is 0 Å². The number of anilines is 1. The largest absolute Gasteiger partial charge is 0.544 e. The molecule has 5 nitrogen and oxygen atoms in total. The highest BCUT2D eigenvalue weighted by molar-refractivity contribution is 6.42. The zero-order valence-electron chi connectivity index (χ0n) is 11.9. The van der Waals surface area contributed by atoms with Crippen molar-refractivity contribution < 1.29 is 20.0 Å². The number of amides is 1. The summed E-state index contributed by atoms with van der Waals surface area (Å²) < 4.78 is 0. The smallest absolute Gasteiger partial charge is 0.230 e. The zero-order chi connectivity index (χ0) is 16.0. The fourth-order valence-electron chi connectivity index (χ4n) is 1.68. The number of quaternary nitrogens is 1. The van der Waals surface area contributed by atoms with Gasteiger partial charge >= 0.3 is 0 Å². The minimum atomic E-state index is -1.25. The van der Waals surface area contributed by atoms with Crippen molar-refractivity contribution in [3.8, 4) is 0 Å². The molecular weight excluding hydrogens is 315 g/mol. The molecule has 7 heteroatoms. The van der Waals surface area contributed by atoms with E-state index < -0.39 is 17.9 Å². The van der Waals surface area contributed by atoms with E-state index in [0.29, 0.717) is 28.2 Å². The van der Waals surface area contributed by atoms with Crippen LogP contribution in [0.4, 0.5) is 5.69 Å². The van der Waals surface area contributed by atoms with Crippen LogP contribution in [0.2, 0.25) is 10.0 Å². The molecule has 3 N–H and O–H groups in total. The van der Waals surface area contributed by atoms with Crippen LogP contribution < -0.4 is 15.7 Å². The van der Waals surface area contributed by atoms with Crippen LogP contribution in [-0.4, -0.2) is 24.5 Å². The molecule has 1 rings (SSSR count). The van der Waals surface area contributed by atoms with E-state index in [0.717, 1.165) is 0 Å². The van der Waals surface area contributed by atoms with E-state index in [-0.39, 0.29) is 6.42 Å². The third kappa shape index (κ3) is 6.33. The summed E-state index contributed by atoms with van der Waals surface area (Å²) in [6.07, 6.45) is -0.171. The summed E-state index contributed by atoms with van der Waals surface area (Å²) in [6.45, 7) is 4.55. The molecule has 0 saturated carbocycles. The predicted molar refractivity (Wildman–Crippen MR) is 80.1 cm³/mol. The van der Waals surface area contributed by atoms with Crippen molar-refractivity contribution in [2.45, 2.75) is 26.3 Å². The van der Waals surface area contributed by atoms with Gasteiger partial charge in [-0.2, -0.15) is 0 Å². The Morgan fingerprint density at radius 2 is 1.95 bits per heavy atom. The average molecular weight is 333 g/mol. The molecule has 0 aliphatic carbocycles. The minimum absolute atomic E-state index is 0.171. The van der Waals surface area contributed by atoms with E-state index in [1.807, 2.05) is 13.8 Å². The summed E-state index contributed by atoms with van der Waals surface area (Å²) >= 11 is 11.6. The Kier molecular flexibility index (Phi) is 6.95. The molecule has 0 saturated heterocycles. The monoisotopic (exact) mass is 332 g/mol. The van der Waals surface area contributed by atoms with Crippen LogP contribution in [0.5, 0.6) is 0 Å². The highest BCUT2D eigenvalue weighted by atomic mass is 35.5. The number of carbonyl (C=O) groups excluding carboxylic acids is 2. The quantitative estimate of drug-likeness (QED) is 0.769. The van der Waals surface area contributed by atoms with Gasteiger partial charge in [-0.15, -0.1) is 0 Å². The van der Waals surface area contributed by atoms with Crippen molar-refractivity contribution in [2.75, 3.05) is 11.9 Å². The van der Waals surface area contributed by atoms with Gasteiger partial charge in [-0.3, -0.25) is 4.79 Å². The van der Waals surface area contributed by atoms with E-state index >= 15 is 0 Å². The summed E-state index contributed by atoms with van der Waals surface area (Å²) in [4.78, 5) is 22.9. The molecule has 116 valence electrons. The average Bonchev–Trinajstić information content (AvgIpc) is 2.38. The first-order valence-corrected chi connectivity index (χ1v) is 7.34. The lowest BCUT2D eigenvalue weighted by molar-refractivity contribution is -0.686. The van der Waals surface area contributed by atoms with Crippen LogP contribution in [0.15, 0.2) is 18.2 Å². The third-order valence-electron chi connectivity index (χ3n) is 2.80. The number of hydrogen-bond acceptors (Lipinski definition) is 3. The molecule has 0 spiro atoms. The molecule has 0 heterocycles. The topological polar surface area (TPSA) is 85.8 Å². The maximum atomic E-state index is 11.9. The molecule has 1 unspecified atom stereocenters. The Morgan fingerprint density at radius 3 is 2.48 bits per heavy atom. The van der Waals surface area contributed by atoms with Gasteiger partial charge < -0.3 is 20.5 Å². The predicted octanol–water partition coefficient (Wildman–Crippen LogP) is 0.660. The molecule has 0 fully saturated rings. The first-order chi connectivity index (χ1) is 9.79. The Bertz CT molecular complexity index is 521. The molecule has 1 amide bonds. The van der Waals surface area contributed by atoms with Gasteiger partial charge in [-0.1, -0.05) is 37.0 Å². The normalized spacial score (nSPS) is 12.2. The molecule has 21 heavy (non-hydrogen) atoms. The van der Waals surface area contributed by atoms with Gasteiger partial charge in [0.1, 0.15) is 6.04 Å². The molecule has 0 radical (unpaired) electrons. The molecule has 0 aromatic heterocycles. The molecule has 0 aliphatic heterocycles. The fraction of sp³-hybridized carbons (Fsp3) is 0.429. The lowest BCUT2D eigenvalue weighted by Gasteiger charge is -2.17. The minimum Gasteiger partial charge on any atom is -0.544 e. The van der Waals surface area contributed by atoms with Crippen LogP contribution in [-0.2, 0) is 9.59 Å². The summed E-state index contributed by atoms with van der Waals surface area (Å²) in [7, 11) is 0. The van der Waals surface area contributed by atoms with Crippen molar-refractivity contribution in [2.24, 2.45) is 5.92 Å². The number of benzene rings is 1. The molecule has 1 atom stereocenters. The number of carboxylic acids is 1. The van der Waals surface area contributed by atoms with Crippen LogP contribution in [0.25, 0.3) is 0 Å². The van der Waals surface area contributed by atoms with Crippen molar-refractivity contribution >= 4 is 40.8 Å². The Morgan fingerprint density at radius 1 is 1.29 bits per heavy atom. The number of nitrogens with two attached hydrogens (primary N) is 1. The van der Waals surface area contributed by atoms with Gasteiger partial charge in [0.25, 0.3) is 0 Å². The second-order valence-electron chi connectivity index (χ2n) is 5.17. The number of nitrogens with one attached hydrogen (secondary N) is 1. The summed E-state index contributed by atoms with van der Waals surface area (Å²) in [6, 6.07) is 3.75. The lowest BCUT2D eigenvalue weighted by Crippen LogP contribution is -2.94. The first kappa shape index (κ1) is 17.8. The SMILES string of the molecule is CC(C)C[NH2+]C(CC(=O)Nc1ccc(Cl)c(Cl)c1)C(=O)[O-]. The molecule has 0 aliphatic rings. The van der Waals surface area contributed by atoms with Crippen LogP contribution in [0.3, 0.4) is 0 Å². The fourth-order valence-corrected chi connectivity index (χ4v) is 1.98. The number of aliphatic carboxylic acids is 1. The van der Waals surface area contributed by atoms with E-state index in [1.54, 1.807) is 17.4 Å². The number of halogens is 2. The van der Waals surface area contributed by atoms with Gasteiger partial charge in [0.15, 0.2) is 0 Å². The van der Waals surface area contributed by atoms with Crippen molar-refractivity contribution in [1.29, 1.82) is 0 Å². The highest BCUT2D eigenvalue weighted by Crippen LogP contribution is 2.25. The molecular formula is C14H18Cl2N2O3. The molecule has 1 aromatic rings. The van der Waals surface area contributed by atoms with E-state index in [9.17, 15) is 14.7 Å². The molecule has 1 aromatic carbocycles. The number of carbonyl (C=O) groups is 2. The van der Waals surface area contributed by atoms with Crippen LogP contribution in [0, 0.1) is 5.92 Å². The Balaban J connectivity index is 2.60. The van der Waals surface area contributed by atoms with Gasteiger partial charge in [0.05, 0.1) is 29.0 Å². The van der Waals surface area contributed by atoms with E-state index in [4.69, 9.17) is 23.2 Å². The molecule has 0 bridgehead atoms. The summed E-state index contributed by atoms with van der Waals surface area (Å²) in [5.74, 6) is -1.34. The van der Waals surface area contributed by atoms with E-state index in [2.05, 4.69) is 5.32 Å². The lowest BCUT2D eigenvalue weighted by atomic mass is 10.1. The van der Waals surface area contributed by atoms with Gasteiger partial charge in [-0.05, 0) is 18.2 Å². The maximum absolute atomic E-state index is 11.9.